The zero-order valence-corrected chi connectivity index (χ0v) is 20.4. The highest BCUT2D eigenvalue weighted by Gasteiger charge is 2.21. The Labute approximate surface area is 209 Å². The number of carbonyl (C=O) groups excluding carboxylic acids is 2. The van der Waals surface area contributed by atoms with Crippen molar-refractivity contribution in [3.05, 3.63) is 78.0 Å². The van der Waals surface area contributed by atoms with E-state index >= 15 is 0 Å². The first kappa shape index (κ1) is 23.7. The van der Waals surface area contributed by atoms with Crippen molar-refractivity contribution in [3.63, 3.8) is 0 Å². The van der Waals surface area contributed by atoms with Crippen molar-refractivity contribution in [2.24, 2.45) is 0 Å². The number of hydrogen-bond donors (Lipinski definition) is 2. The highest BCUT2D eigenvalue weighted by Crippen LogP contribution is 2.27. The number of pyridine rings is 1. The average Bonchev–Trinajstić information content (AvgIpc) is 3.57. The first-order chi connectivity index (χ1) is 17.5. The van der Waals surface area contributed by atoms with E-state index in [0.29, 0.717) is 40.1 Å². The van der Waals surface area contributed by atoms with Crippen molar-refractivity contribution in [2.75, 3.05) is 18.5 Å². The Kier molecular flexibility index (Phi) is 6.77. The summed E-state index contributed by atoms with van der Waals surface area (Å²) in [5.74, 6) is -0.582. The molecule has 0 radical (unpaired) electrons. The number of para-hydroxylation sites is 1. The second-order valence-electron chi connectivity index (χ2n) is 9.19. The zero-order valence-electron chi connectivity index (χ0n) is 20.4. The van der Waals surface area contributed by atoms with E-state index in [1.807, 2.05) is 48.9 Å². The van der Waals surface area contributed by atoms with E-state index in [2.05, 4.69) is 15.7 Å². The fourth-order valence-electron chi connectivity index (χ4n) is 4.43. The summed E-state index contributed by atoms with van der Waals surface area (Å²) in [6, 6.07) is 18.6. The van der Waals surface area contributed by atoms with E-state index in [1.165, 1.54) is 0 Å². The maximum atomic E-state index is 13.6. The number of fused-ring (bicyclic) bond motifs is 1. The molecule has 1 fully saturated rings. The summed E-state index contributed by atoms with van der Waals surface area (Å²) >= 11 is 0. The van der Waals surface area contributed by atoms with Crippen LogP contribution in [0.2, 0.25) is 0 Å². The van der Waals surface area contributed by atoms with Crippen LogP contribution >= 0.6 is 0 Å². The molecule has 2 N–H and O–H groups in total. The summed E-state index contributed by atoms with van der Waals surface area (Å²) in [4.78, 5) is 31.4. The van der Waals surface area contributed by atoms with Crippen molar-refractivity contribution in [1.29, 1.82) is 0 Å². The molecule has 0 saturated carbocycles. The average molecular weight is 484 g/mol. The Balaban J connectivity index is 1.47. The summed E-state index contributed by atoms with van der Waals surface area (Å²) < 4.78 is 7.41. The van der Waals surface area contributed by atoms with Gasteiger partial charge in [-0.05, 0) is 44.9 Å². The Hall–Kier alpha value is -4.04. The van der Waals surface area contributed by atoms with Crippen molar-refractivity contribution in [3.8, 4) is 11.3 Å². The molecule has 1 aliphatic heterocycles. The third kappa shape index (κ3) is 4.85. The quantitative estimate of drug-likeness (QED) is 0.392. The smallest absolute Gasteiger partial charge is 0.256 e. The lowest BCUT2D eigenvalue weighted by atomic mass is 10.1. The van der Waals surface area contributed by atoms with Gasteiger partial charge >= 0.3 is 0 Å². The number of ether oxygens (including phenoxy) is 1. The van der Waals surface area contributed by atoms with Crippen LogP contribution in [0.15, 0.2) is 66.9 Å². The number of rotatable bonds is 7. The lowest BCUT2D eigenvalue weighted by molar-refractivity contribution is 0.0858. The van der Waals surface area contributed by atoms with Crippen LogP contribution in [-0.2, 0) is 4.74 Å². The Bertz CT molecular complexity index is 1390. The van der Waals surface area contributed by atoms with Gasteiger partial charge in [-0.3, -0.25) is 9.59 Å². The molecule has 2 aromatic carbocycles. The molecule has 8 nitrogen and oxygen atoms in total. The molecule has 0 bridgehead atoms. The molecule has 2 aromatic heterocycles. The lowest BCUT2D eigenvalue weighted by Gasteiger charge is -2.14. The van der Waals surface area contributed by atoms with E-state index < -0.39 is 0 Å². The topological polar surface area (TPSA) is 98.1 Å². The molecule has 1 saturated heterocycles. The maximum Gasteiger partial charge on any atom is 0.256 e. The molecule has 5 rings (SSSR count). The molecular formula is C28H29N5O3. The predicted molar refractivity (Wildman–Crippen MR) is 139 cm³/mol. The fraction of sp³-hybridized carbons (Fsp3) is 0.286. The molecule has 1 atom stereocenters. The van der Waals surface area contributed by atoms with Crippen LogP contribution in [-0.4, -0.2) is 45.8 Å². The summed E-state index contributed by atoms with van der Waals surface area (Å²) in [5, 5.41) is 11.0. The minimum atomic E-state index is -0.331. The van der Waals surface area contributed by atoms with Gasteiger partial charge in [-0.2, -0.15) is 5.10 Å². The third-order valence-electron chi connectivity index (χ3n) is 6.30. The van der Waals surface area contributed by atoms with Gasteiger partial charge in [-0.1, -0.05) is 42.5 Å². The highest BCUT2D eigenvalue weighted by atomic mass is 16.5. The monoisotopic (exact) mass is 483 g/mol. The molecule has 36 heavy (non-hydrogen) atoms. The number of nitrogens with zero attached hydrogens (tertiary/aromatic N) is 3. The second kappa shape index (κ2) is 10.3. The van der Waals surface area contributed by atoms with Crippen LogP contribution in [0, 0.1) is 0 Å². The molecule has 4 aromatic rings. The minimum Gasteiger partial charge on any atom is -0.376 e. The predicted octanol–water partition coefficient (Wildman–Crippen LogP) is 4.84. The summed E-state index contributed by atoms with van der Waals surface area (Å²) in [6.07, 6.45) is 3.65. The SMILES string of the molecule is CC(C)n1ncc2c(C(=O)Nc3ccccc3C(=O)NCC3CCCO3)cc(-c3ccccc3)nc21. The van der Waals surface area contributed by atoms with Crippen LogP contribution < -0.4 is 10.6 Å². The van der Waals surface area contributed by atoms with Gasteiger partial charge in [0.1, 0.15) is 0 Å². The zero-order chi connectivity index (χ0) is 25.1. The molecule has 184 valence electrons. The number of benzene rings is 2. The third-order valence-corrected chi connectivity index (χ3v) is 6.30. The highest BCUT2D eigenvalue weighted by molar-refractivity contribution is 6.14. The van der Waals surface area contributed by atoms with Crippen molar-refractivity contribution < 1.29 is 14.3 Å². The number of nitrogens with one attached hydrogen (secondary N) is 2. The van der Waals surface area contributed by atoms with E-state index in [-0.39, 0.29) is 24.0 Å². The summed E-state index contributed by atoms with van der Waals surface area (Å²) in [6.45, 7) is 5.22. The van der Waals surface area contributed by atoms with Crippen LogP contribution in [0.1, 0.15) is 53.4 Å². The molecule has 1 aliphatic rings. The van der Waals surface area contributed by atoms with Crippen molar-refractivity contribution in [2.45, 2.75) is 38.8 Å². The van der Waals surface area contributed by atoms with Crippen LogP contribution in [0.4, 0.5) is 5.69 Å². The second-order valence-corrected chi connectivity index (χ2v) is 9.19. The first-order valence-electron chi connectivity index (χ1n) is 12.2. The molecule has 2 amide bonds. The number of anilines is 1. The van der Waals surface area contributed by atoms with Gasteiger partial charge in [0.05, 0.1) is 40.2 Å². The van der Waals surface area contributed by atoms with Crippen LogP contribution in [0.25, 0.3) is 22.3 Å². The van der Waals surface area contributed by atoms with Crippen molar-refractivity contribution >= 4 is 28.5 Å². The van der Waals surface area contributed by atoms with Gasteiger partial charge < -0.3 is 15.4 Å². The van der Waals surface area contributed by atoms with Gasteiger partial charge in [-0.25, -0.2) is 9.67 Å². The molecule has 8 heteroatoms. The molecule has 3 heterocycles. The maximum absolute atomic E-state index is 13.6. The summed E-state index contributed by atoms with van der Waals surface area (Å²) in [7, 11) is 0. The van der Waals surface area contributed by atoms with E-state index in [0.717, 1.165) is 25.0 Å². The van der Waals surface area contributed by atoms with Gasteiger partial charge in [0.25, 0.3) is 11.8 Å². The fourth-order valence-corrected chi connectivity index (χ4v) is 4.43. The van der Waals surface area contributed by atoms with Gasteiger partial charge in [0.2, 0.25) is 0 Å². The summed E-state index contributed by atoms with van der Waals surface area (Å²) in [5.41, 5.74) is 3.50. The number of amides is 2. The molecule has 1 unspecified atom stereocenters. The molecule has 0 aliphatic carbocycles. The van der Waals surface area contributed by atoms with Gasteiger partial charge in [0.15, 0.2) is 5.65 Å². The Morgan fingerprint density at radius 3 is 2.58 bits per heavy atom. The van der Waals surface area contributed by atoms with Crippen molar-refractivity contribution in [1.82, 2.24) is 20.1 Å². The largest absolute Gasteiger partial charge is 0.376 e. The van der Waals surface area contributed by atoms with E-state index in [9.17, 15) is 9.59 Å². The molecule has 0 spiro atoms. The van der Waals surface area contributed by atoms with Gasteiger partial charge in [-0.15, -0.1) is 0 Å². The Morgan fingerprint density at radius 1 is 1.06 bits per heavy atom. The first-order valence-corrected chi connectivity index (χ1v) is 12.2. The normalized spacial score (nSPS) is 15.4. The number of carbonyl (C=O) groups is 2. The van der Waals surface area contributed by atoms with Crippen LogP contribution in [0.5, 0.6) is 0 Å². The van der Waals surface area contributed by atoms with E-state index in [1.54, 1.807) is 36.5 Å². The number of hydrogen-bond acceptors (Lipinski definition) is 5. The number of aromatic nitrogens is 3. The van der Waals surface area contributed by atoms with Gasteiger partial charge in [0, 0.05) is 24.8 Å². The lowest BCUT2D eigenvalue weighted by Crippen LogP contribution is -2.32. The minimum absolute atomic E-state index is 0.0368. The standard InChI is InChI=1S/C28H29N5O3/c1-18(2)33-26-23(17-30-33)22(15-25(31-26)19-9-4-3-5-10-19)28(35)32-24-13-7-6-12-21(24)27(34)29-16-20-11-8-14-36-20/h3-7,9-10,12-13,15,17-18,20H,8,11,14,16H2,1-2H3,(H,29,34)(H,32,35). The molecular weight excluding hydrogens is 454 g/mol. The Morgan fingerprint density at radius 2 is 1.83 bits per heavy atom. The van der Waals surface area contributed by atoms with E-state index in [4.69, 9.17) is 9.72 Å². The van der Waals surface area contributed by atoms with Crippen LogP contribution in [0.3, 0.4) is 0 Å².